The van der Waals surface area contributed by atoms with Gasteiger partial charge < -0.3 is 14.6 Å². The number of aryl methyl sites for hydroxylation is 2. The van der Waals surface area contributed by atoms with Gasteiger partial charge in [-0.05, 0) is 56.0 Å². The zero-order chi connectivity index (χ0) is 20.4. The molecule has 1 N–H and O–H groups in total. The van der Waals surface area contributed by atoms with Gasteiger partial charge in [-0.15, -0.1) is 0 Å². The topological polar surface area (TPSA) is 75.3 Å². The summed E-state index contributed by atoms with van der Waals surface area (Å²) in [5.41, 5.74) is 3.58. The molecule has 1 fully saturated rings. The lowest BCUT2D eigenvalue weighted by atomic mass is 9.92. The minimum absolute atomic E-state index is 0.000209. The van der Waals surface area contributed by atoms with Crippen molar-refractivity contribution in [1.29, 1.82) is 0 Å². The van der Waals surface area contributed by atoms with E-state index in [0.717, 1.165) is 35.4 Å². The lowest BCUT2D eigenvalue weighted by Crippen LogP contribution is -2.40. The standard InChI is InChI=1S/C23H25N3O3/c1-15-5-3-6-16(2)22(15)29-14-21(27)26-11-8-17(9-12-26)19-13-20-18(23(28)25-19)7-4-10-24-20/h3-7,10,13,17H,8-9,11-12,14H2,1-2H3,(H,25,28). The quantitative estimate of drug-likeness (QED) is 0.740. The molecule has 3 aromatic rings. The van der Waals surface area contributed by atoms with Gasteiger partial charge in [0.1, 0.15) is 5.75 Å². The average Bonchev–Trinajstić information content (AvgIpc) is 2.73. The Bertz CT molecular complexity index is 1080. The van der Waals surface area contributed by atoms with Crippen LogP contribution >= 0.6 is 0 Å². The molecule has 150 valence electrons. The average molecular weight is 391 g/mol. The van der Waals surface area contributed by atoms with Crippen LogP contribution in [0.5, 0.6) is 5.75 Å². The predicted molar refractivity (Wildman–Crippen MR) is 112 cm³/mol. The van der Waals surface area contributed by atoms with Gasteiger partial charge in [0.25, 0.3) is 11.5 Å². The van der Waals surface area contributed by atoms with Crippen molar-refractivity contribution in [2.24, 2.45) is 0 Å². The molecule has 0 radical (unpaired) electrons. The summed E-state index contributed by atoms with van der Waals surface area (Å²) < 4.78 is 5.81. The number of piperidine rings is 1. The first-order valence-corrected chi connectivity index (χ1v) is 9.97. The molecule has 0 bridgehead atoms. The first-order valence-electron chi connectivity index (χ1n) is 9.97. The lowest BCUT2D eigenvalue weighted by Gasteiger charge is -2.32. The number of rotatable bonds is 4. The number of nitrogens with one attached hydrogen (secondary N) is 1. The number of aromatic amines is 1. The fraction of sp³-hybridized carbons (Fsp3) is 0.348. The van der Waals surface area contributed by atoms with Gasteiger partial charge in [-0.1, -0.05) is 18.2 Å². The van der Waals surface area contributed by atoms with Gasteiger partial charge in [-0.25, -0.2) is 0 Å². The van der Waals surface area contributed by atoms with E-state index in [-0.39, 0.29) is 24.0 Å². The summed E-state index contributed by atoms with van der Waals surface area (Å²) in [4.78, 5) is 34.1. The number of pyridine rings is 2. The van der Waals surface area contributed by atoms with E-state index in [1.165, 1.54) is 0 Å². The molecule has 0 spiro atoms. The van der Waals surface area contributed by atoms with Crippen LogP contribution in [-0.2, 0) is 4.79 Å². The van der Waals surface area contributed by atoms with Gasteiger partial charge in [0, 0.05) is 30.9 Å². The van der Waals surface area contributed by atoms with Crippen molar-refractivity contribution in [3.63, 3.8) is 0 Å². The molecule has 1 amide bonds. The van der Waals surface area contributed by atoms with Crippen LogP contribution in [0.25, 0.3) is 10.9 Å². The van der Waals surface area contributed by atoms with E-state index in [2.05, 4.69) is 9.97 Å². The van der Waals surface area contributed by atoms with Crippen LogP contribution < -0.4 is 10.3 Å². The molecule has 1 saturated heterocycles. The second-order valence-corrected chi connectivity index (χ2v) is 7.65. The second kappa shape index (κ2) is 8.07. The van der Waals surface area contributed by atoms with Crippen LogP contribution in [0.15, 0.2) is 47.4 Å². The molecule has 6 nitrogen and oxygen atoms in total. The molecule has 1 aliphatic heterocycles. The number of benzene rings is 1. The van der Waals surface area contributed by atoms with E-state index in [1.54, 1.807) is 18.3 Å². The SMILES string of the molecule is Cc1cccc(C)c1OCC(=O)N1CCC(c2cc3ncccc3c(=O)[nH]2)CC1. The smallest absolute Gasteiger partial charge is 0.260 e. The third-order valence-corrected chi connectivity index (χ3v) is 5.67. The molecule has 4 rings (SSSR count). The highest BCUT2D eigenvalue weighted by Gasteiger charge is 2.25. The highest BCUT2D eigenvalue weighted by Crippen LogP contribution is 2.28. The number of ether oxygens (including phenoxy) is 1. The van der Waals surface area contributed by atoms with E-state index in [1.807, 2.05) is 43.0 Å². The Hall–Kier alpha value is -3.15. The Morgan fingerprint density at radius 1 is 1.17 bits per heavy atom. The molecule has 0 unspecified atom stereocenters. The molecular formula is C23H25N3O3. The van der Waals surface area contributed by atoms with Gasteiger partial charge in [0.05, 0.1) is 10.9 Å². The summed E-state index contributed by atoms with van der Waals surface area (Å²) in [6, 6.07) is 11.5. The number of fused-ring (bicyclic) bond motifs is 1. The van der Waals surface area contributed by atoms with Crippen molar-refractivity contribution in [3.05, 3.63) is 69.8 Å². The number of nitrogens with zero attached hydrogens (tertiary/aromatic N) is 2. The fourth-order valence-electron chi connectivity index (χ4n) is 4.02. The summed E-state index contributed by atoms with van der Waals surface area (Å²) >= 11 is 0. The van der Waals surface area contributed by atoms with Crippen LogP contribution in [0.1, 0.15) is 35.6 Å². The molecule has 1 aliphatic rings. The second-order valence-electron chi connectivity index (χ2n) is 7.65. The largest absolute Gasteiger partial charge is 0.483 e. The maximum Gasteiger partial charge on any atom is 0.260 e. The summed E-state index contributed by atoms with van der Waals surface area (Å²) in [5.74, 6) is 1.01. The van der Waals surface area contributed by atoms with Crippen molar-refractivity contribution in [2.75, 3.05) is 19.7 Å². The number of carbonyl (C=O) groups is 1. The zero-order valence-electron chi connectivity index (χ0n) is 16.8. The summed E-state index contributed by atoms with van der Waals surface area (Å²) in [5, 5.41) is 0.604. The van der Waals surface area contributed by atoms with Crippen molar-refractivity contribution >= 4 is 16.8 Å². The Balaban J connectivity index is 1.38. The third kappa shape index (κ3) is 4.01. The lowest BCUT2D eigenvalue weighted by molar-refractivity contribution is -0.134. The van der Waals surface area contributed by atoms with Crippen molar-refractivity contribution < 1.29 is 9.53 Å². The van der Waals surface area contributed by atoms with Crippen LogP contribution in [0.4, 0.5) is 0 Å². The Morgan fingerprint density at radius 3 is 2.62 bits per heavy atom. The highest BCUT2D eigenvalue weighted by molar-refractivity contribution is 5.78. The molecule has 3 heterocycles. The first-order chi connectivity index (χ1) is 14.0. The number of hydrogen-bond acceptors (Lipinski definition) is 4. The van der Waals surface area contributed by atoms with Crippen molar-refractivity contribution in [3.8, 4) is 5.75 Å². The van der Waals surface area contributed by atoms with Gasteiger partial charge in [0.2, 0.25) is 0 Å². The molecule has 29 heavy (non-hydrogen) atoms. The maximum absolute atomic E-state index is 12.6. The number of para-hydroxylation sites is 1. The highest BCUT2D eigenvalue weighted by atomic mass is 16.5. The number of hydrogen-bond donors (Lipinski definition) is 1. The van der Waals surface area contributed by atoms with E-state index >= 15 is 0 Å². The summed E-state index contributed by atoms with van der Waals surface area (Å²) in [7, 11) is 0. The Kier molecular flexibility index (Phi) is 5.34. The van der Waals surface area contributed by atoms with Gasteiger partial charge in [-0.2, -0.15) is 0 Å². The molecule has 0 atom stereocenters. The first kappa shape index (κ1) is 19.2. The molecule has 6 heteroatoms. The molecular weight excluding hydrogens is 366 g/mol. The molecule has 1 aromatic carbocycles. The summed E-state index contributed by atoms with van der Waals surface area (Å²) in [6.07, 6.45) is 3.32. The van der Waals surface area contributed by atoms with E-state index in [0.29, 0.717) is 24.0 Å². The van der Waals surface area contributed by atoms with E-state index in [4.69, 9.17) is 4.74 Å². The van der Waals surface area contributed by atoms with Crippen molar-refractivity contribution in [2.45, 2.75) is 32.6 Å². The number of carbonyl (C=O) groups excluding carboxylic acids is 1. The Labute approximate surface area is 169 Å². The third-order valence-electron chi connectivity index (χ3n) is 5.67. The van der Waals surface area contributed by atoms with Crippen molar-refractivity contribution in [1.82, 2.24) is 14.9 Å². The van der Waals surface area contributed by atoms with Crippen LogP contribution in [0, 0.1) is 13.8 Å². The fourth-order valence-corrected chi connectivity index (χ4v) is 4.02. The molecule has 2 aromatic heterocycles. The van der Waals surface area contributed by atoms with E-state index in [9.17, 15) is 9.59 Å². The zero-order valence-corrected chi connectivity index (χ0v) is 16.8. The van der Waals surface area contributed by atoms with Crippen LogP contribution in [0.2, 0.25) is 0 Å². The molecule has 0 saturated carbocycles. The molecule has 0 aliphatic carbocycles. The van der Waals surface area contributed by atoms with Crippen LogP contribution in [-0.4, -0.2) is 40.5 Å². The van der Waals surface area contributed by atoms with E-state index < -0.39 is 0 Å². The van der Waals surface area contributed by atoms with Gasteiger partial charge in [0.15, 0.2) is 6.61 Å². The number of amides is 1. The van der Waals surface area contributed by atoms with Gasteiger partial charge >= 0.3 is 0 Å². The number of likely N-dealkylation sites (tertiary alicyclic amines) is 1. The van der Waals surface area contributed by atoms with Crippen LogP contribution in [0.3, 0.4) is 0 Å². The monoisotopic (exact) mass is 391 g/mol. The predicted octanol–water partition coefficient (Wildman–Crippen LogP) is 3.32. The number of aromatic nitrogens is 2. The van der Waals surface area contributed by atoms with Gasteiger partial charge in [-0.3, -0.25) is 14.6 Å². The minimum atomic E-state index is -0.105. The summed E-state index contributed by atoms with van der Waals surface area (Å²) in [6.45, 7) is 5.33. The number of H-pyrrole nitrogens is 1. The Morgan fingerprint density at radius 2 is 1.90 bits per heavy atom. The maximum atomic E-state index is 12.6. The normalized spacial score (nSPS) is 14.9. The minimum Gasteiger partial charge on any atom is -0.483 e.